The molecule has 0 saturated carbocycles. The molecule has 2 aromatic rings. The summed E-state index contributed by atoms with van der Waals surface area (Å²) in [5.74, 6) is -0.956. The average Bonchev–Trinajstić information content (AvgIpc) is 2.76. The Morgan fingerprint density at radius 2 is 2.00 bits per heavy atom. The standard InChI is InChI=1S/C14H17N3O4S/c1-10(12(18)19)15-7-8-17-13(20)16(14(21)22-17)9-11-5-3-2-4-6-11/h2-6,10,15H,7-9H2,1H3,(H,18,19)/t10-/m0/s1. The monoisotopic (exact) mass is 323 g/mol. The molecule has 1 atom stereocenters. The number of carbonyl (C=O) groups is 1. The van der Waals surface area contributed by atoms with Crippen molar-refractivity contribution in [2.75, 3.05) is 6.54 Å². The second-order valence-corrected chi connectivity index (χ2v) is 5.80. The highest BCUT2D eigenvalue weighted by molar-refractivity contribution is 7.03. The van der Waals surface area contributed by atoms with Gasteiger partial charge in [-0.1, -0.05) is 30.3 Å². The highest BCUT2D eigenvalue weighted by Crippen LogP contribution is 1.99. The quantitative estimate of drug-likeness (QED) is 0.758. The van der Waals surface area contributed by atoms with E-state index >= 15 is 0 Å². The number of hydrogen-bond acceptors (Lipinski definition) is 5. The first-order valence-electron chi connectivity index (χ1n) is 6.80. The zero-order valence-corrected chi connectivity index (χ0v) is 12.9. The number of carboxylic acids is 1. The molecule has 1 aromatic carbocycles. The molecule has 7 nitrogen and oxygen atoms in total. The topological polar surface area (TPSA) is 93.3 Å². The van der Waals surface area contributed by atoms with Crippen molar-refractivity contribution >= 4 is 17.5 Å². The number of nitrogens with one attached hydrogen (secondary N) is 1. The summed E-state index contributed by atoms with van der Waals surface area (Å²) in [6.45, 7) is 2.33. The van der Waals surface area contributed by atoms with Crippen molar-refractivity contribution < 1.29 is 9.90 Å². The van der Waals surface area contributed by atoms with Crippen LogP contribution in [-0.4, -0.2) is 32.2 Å². The van der Waals surface area contributed by atoms with Gasteiger partial charge in [-0.2, -0.15) is 0 Å². The largest absolute Gasteiger partial charge is 0.480 e. The van der Waals surface area contributed by atoms with Crippen LogP contribution < -0.4 is 15.9 Å². The van der Waals surface area contributed by atoms with E-state index in [4.69, 9.17) is 5.11 Å². The van der Waals surface area contributed by atoms with Gasteiger partial charge in [-0.3, -0.25) is 9.59 Å². The summed E-state index contributed by atoms with van der Waals surface area (Å²) in [6.07, 6.45) is 0. The van der Waals surface area contributed by atoms with Crippen molar-refractivity contribution in [1.82, 2.24) is 13.8 Å². The number of aromatic nitrogens is 2. The van der Waals surface area contributed by atoms with Crippen LogP contribution in [0.5, 0.6) is 0 Å². The first kappa shape index (κ1) is 16.2. The molecule has 0 spiro atoms. The van der Waals surface area contributed by atoms with Gasteiger partial charge >= 0.3 is 16.5 Å². The molecule has 118 valence electrons. The third kappa shape index (κ3) is 3.92. The smallest absolute Gasteiger partial charge is 0.341 e. The zero-order chi connectivity index (χ0) is 16.1. The summed E-state index contributed by atoms with van der Waals surface area (Å²) >= 11 is 0.844. The maximum Gasteiger partial charge on any atom is 0.341 e. The minimum atomic E-state index is -0.956. The predicted molar refractivity (Wildman–Crippen MR) is 83.5 cm³/mol. The van der Waals surface area contributed by atoms with Crippen LogP contribution in [0.25, 0.3) is 0 Å². The molecule has 2 N–H and O–H groups in total. The summed E-state index contributed by atoms with van der Waals surface area (Å²) in [4.78, 5) is 34.5. The first-order valence-corrected chi connectivity index (χ1v) is 7.57. The maximum atomic E-state index is 12.2. The van der Waals surface area contributed by atoms with Crippen molar-refractivity contribution in [2.24, 2.45) is 0 Å². The average molecular weight is 323 g/mol. The molecule has 0 aliphatic rings. The van der Waals surface area contributed by atoms with E-state index in [9.17, 15) is 14.4 Å². The van der Waals surface area contributed by atoms with Gasteiger partial charge in [0, 0.05) is 18.1 Å². The summed E-state index contributed by atoms with van der Waals surface area (Å²) < 4.78 is 2.52. The number of nitrogens with zero attached hydrogens (tertiary/aromatic N) is 2. The number of rotatable bonds is 7. The molecule has 0 saturated heterocycles. The molecule has 0 amide bonds. The minimum Gasteiger partial charge on any atom is -0.480 e. The fraction of sp³-hybridized carbons (Fsp3) is 0.357. The fourth-order valence-corrected chi connectivity index (χ4v) is 2.69. The van der Waals surface area contributed by atoms with Gasteiger partial charge in [-0.05, 0) is 12.5 Å². The van der Waals surface area contributed by atoms with Crippen LogP contribution in [0.2, 0.25) is 0 Å². The van der Waals surface area contributed by atoms with Gasteiger partial charge in [0.25, 0.3) is 0 Å². The molecule has 22 heavy (non-hydrogen) atoms. The van der Waals surface area contributed by atoms with E-state index in [0.717, 1.165) is 17.1 Å². The minimum absolute atomic E-state index is 0.237. The fourth-order valence-electron chi connectivity index (χ4n) is 1.90. The molecule has 0 radical (unpaired) electrons. The lowest BCUT2D eigenvalue weighted by Gasteiger charge is -2.08. The van der Waals surface area contributed by atoms with Crippen LogP contribution in [0.1, 0.15) is 12.5 Å². The number of carboxylic acid groups (broad SMARTS) is 1. The van der Waals surface area contributed by atoms with Gasteiger partial charge in [-0.15, -0.1) is 0 Å². The highest BCUT2D eigenvalue weighted by Gasteiger charge is 2.12. The Morgan fingerprint density at radius 3 is 2.64 bits per heavy atom. The molecule has 0 unspecified atom stereocenters. The molecule has 1 heterocycles. The Morgan fingerprint density at radius 1 is 1.32 bits per heavy atom. The van der Waals surface area contributed by atoms with Crippen molar-refractivity contribution in [1.29, 1.82) is 0 Å². The summed E-state index contributed by atoms with van der Waals surface area (Å²) in [6, 6.07) is 8.57. The van der Waals surface area contributed by atoms with E-state index < -0.39 is 12.0 Å². The van der Waals surface area contributed by atoms with E-state index in [0.29, 0.717) is 6.54 Å². The predicted octanol–water partition coefficient (Wildman–Crippen LogP) is 0.182. The van der Waals surface area contributed by atoms with E-state index in [1.165, 1.54) is 15.4 Å². The normalized spacial score (nSPS) is 12.2. The second-order valence-electron chi connectivity index (χ2n) is 4.83. The Balaban J connectivity index is 2.06. The van der Waals surface area contributed by atoms with Crippen LogP contribution in [-0.2, 0) is 17.9 Å². The molecule has 0 aliphatic carbocycles. The second kappa shape index (κ2) is 7.19. The number of aliphatic carboxylic acids is 1. The maximum absolute atomic E-state index is 12.2. The van der Waals surface area contributed by atoms with Crippen LogP contribution in [0.3, 0.4) is 0 Å². The van der Waals surface area contributed by atoms with E-state index in [2.05, 4.69) is 5.32 Å². The van der Waals surface area contributed by atoms with Crippen molar-refractivity contribution in [3.8, 4) is 0 Å². The summed E-state index contributed by atoms with van der Waals surface area (Å²) in [7, 11) is 0. The van der Waals surface area contributed by atoms with E-state index in [-0.39, 0.29) is 23.7 Å². The van der Waals surface area contributed by atoms with Crippen LogP contribution in [0.4, 0.5) is 0 Å². The molecule has 2 rings (SSSR count). The third-order valence-corrected chi connectivity index (χ3v) is 4.11. The Labute approximate surface area is 130 Å². The van der Waals surface area contributed by atoms with Crippen LogP contribution >= 0.6 is 11.5 Å². The molecule has 1 aromatic heterocycles. The highest BCUT2D eigenvalue weighted by atomic mass is 32.1. The molecule has 0 fully saturated rings. The van der Waals surface area contributed by atoms with Gasteiger partial charge < -0.3 is 10.4 Å². The Kier molecular flexibility index (Phi) is 5.29. The SMILES string of the molecule is C[C@H](NCCn1sc(=O)n(Cc2ccccc2)c1=O)C(=O)O. The van der Waals surface area contributed by atoms with Gasteiger partial charge in [-0.25, -0.2) is 13.3 Å². The van der Waals surface area contributed by atoms with Crippen molar-refractivity contribution in [3.63, 3.8) is 0 Å². The van der Waals surface area contributed by atoms with Crippen molar-refractivity contribution in [2.45, 2.75) is 26.1 Å². The lowest BCUT2D eigenvalue weighted by Crippen LogP contribution is -2.37. The first-order chi connectivity index (χ1) is 10.5. The van der Waals surface area contributed by atoms with Crippen LogP contribution in [0.15, 0.2) is 39.9 Å². The molecular formula is C14H17N3O4S. The van der Waals surface area contributed by atoms with Gasteiger partial charge in [0.05, 0.1) is 13.1 Å². The molecule has 8 heteroatoms. The Bertz CT molecular complexity index is 747. The number of benzene rings is 1. The van der Waals surface area contributed by atoms with Gasteiger partial charge in [0.15, 0.2) is 0 Å². The van der Waals surface area contributed by atoms with Crippen LogP contribution in [0, 0.1) is 0 Å². The summed E-state index contributed by atoms with van der Waals surface area (Å²) in [5.41, 5.74) is 0.507. The molecule has 0 bridgehead atoms. The van der Waals surface area contributed by atoms with E-state index in [1.54, 1.807) is 0 Å². The van der Waals surface area contributed by atoms with Gasteiger partial charge in [0.1, 0.15) is 6.04 Å². The van der Waals surface area contributed by atoms with Gasteiger partial charge in [0.2, 0.25) is 0 Å². The number of hydrogen-bond donors (Lipinski definition) is 2. The lowest BCUT2D eigenvalue weighted by atomic mass is 10.2. The van der Waals surface area contributed by atoms with Crippen molar-refractivity contribution in [3.05, 3.63) is 56.0 Å². The molecular weight excluding hydrogens is 306 g/mol. The summed E-state index contributed by atoms with van der Waals surface area (Å²) in [5, 5.41) is 11.5. The zero-order valence-electron chi connectivity index (χ0n) is 12.1. The lowest BCUT2D eigenvalue weighted by molar-refractivity contribution is -0.138. The molecule has 0 aliphatic heterocycles. The van der Waals surface area contributed by atoms with E-state index in [1.807, 2.05) is 30.3 Å². The Hall–Kier alpha value is -2.19. The third-order valence-electron chi connectivity index (χ3n) is 3.17.